The van der Waals surface area contributed by atoms with Crippen molar-refractivity contribution in [3.63, 3.8) is 0 Å². The van der Waals surface area contributed by atoms with Gasteiger partial charge >= 0.3 is 0 Å². The van der Waals surface area contributed by atoms with Crippen LogP contribution in [0.15, 0.2) is 24.4 Å². The fourth-order valence-corrected chi connectivity index (χ4v) is 2.33. The van der Waals surface area contributed by atoms with Gasteiger partial charge in [0.05, 0.1) is 18.7 Å². The second kappa shape index (κ2) is 4.63. The molecule has 98 valence electrons. The summed E-state index contributed by atoms with van der Waals surface area (Å²) in [7, 11) is 0. The normalized spacial score (nSPS) is 13.8. The van der Waals surface area contributed by atoms with Gasteiger partial charge in [0.1, 0.15) is 0 Å². The quantitative estimate of drug-likeness (QED) is 0.897. The number of nitrogens with one attached hydrogen (secondary N) is 1. The van der Waals surface area contributed by atoms with E-state index in [0.717, 1.165) is 22.0 Å². The van der Waals surface area contributed by atoms with Crippen molar-refractivity contribution in [3.8, 4) is 0 Å². The summed E-state index contributed by atoms with van der Waals surface area (Å²) < 4.78 is 5.45. The number of carbonyl (C=O) groups excluding carboxylic acids is 1. The highest BCUT2D eigenvalue weighted by Gasteiger charge is 2.16. The molecule has 0 unspecified atom stereocenters. The van der Waals surface area contributed by atoms with E-state index in [0.29, 0.717) is 18.8 Å². The van der Waals surface area contributed by atoms with Crippen LogP contribution in [0.4, 0.5) is 0 Å². The minimum Gasteiger partial charge on any atom is -0.372 e. The summed E-state index contributed by atoms with van der Waals surface area (Å²) in [6, 6.07) is 5.75. The number of aromatic nitrogens is 1. The van der Waals surface area contributed by atoms with Crippen LogP contribution in [-0.2, 0) is 18.0 Å². The van der Waals surface area contributed by atoms with Crippen LogP contribution in [0.2, 0.25) is 0 Å². The molecule has 0 fully saturated rings. The molecule has 0 atom stereocenters. The third kappa shape index (κ3) is 2.19. The van der Waals surface area contributed by atoms with Crippen molar-refractivity contribution in [2.45, 2.75) is 33.1 Å². The lowest BCUT2D eigenvalue weighted by atomic mass is 10.0. The monoisotopic (exact) mass is 256 g/mol. The first-order chi connectivity index (χ1) is 9.15. The number of fused-ring (bicyclic) bond motifs is 3. The number of nitrogens with zero attached hydrogens (tertiary/aromatic N) is 1. The summed E-state index contributed by atoms with van der Waals surface area (Å²) in [6.07, 6.45) is 1.86. The van der Waals surface area contributed by atoms with Gasteiger partial charge < -0.3 is 10.1 Å². The number of pyridine rings is 1. The zero-order chi connectivity index (χ0) is 13.4. The van der Waals surface area contributed by atoms with Crippen molar-refractivity contribution >= 4 is 16.8 Å². The Labute approximate surface area is 111 Å². The highest BCUT2D eigenvalue weighted by molar-refractivity contribution is 5.98. The second-order valence-electron chi connectivity index (χ2n) is 5.11. The van der Waals surface area contributed by atoms with Gasteiger partial charge in [0.2, 0.25) is 0 Å². The Morgan fingerprint density at radius 3 is 3.00 bits per heavy atom. The Hall–Kier alpha value is -1.94. The SMILES string of the molecule is CC(C)NC(=O)c1ccc2ncc3c(c2c1)COC3. The number of benzene rings is 1. The van der Waals surface area contributed by atoms with E-state index in [2.05, 4.69) is 10.3 Å². The van der Waals surface area contributed by atoms with Crippen molar-refractivity contribution in [2.24, 2.45) is 0 Å². The topological polar surface area (TPSA) is 51.2 Å². The molecule has 19 heavy (non-hydrogen) atoms. The van der Waals surface area contributed by atoms with E-state index in [9.17, 15) is 4.79 Å². The Morgan fingerprint density at radius 2 is 2.21 bits per heavy atom. The average Bonchev–Trinajstić information content (AvgIpc) is 2.85. The minimum atomic E-state index is -0.0478. The molecular formula is C15H16N2O2. The van der Waals surface area contributed by atoms with Crippen LogP contribution in [0, 0.1) is 0 Å². The maximum atomic E-state index is 12.0. The summed E-state index contributed by atoms with van der Waals surface area (Å²) >= 11 is 0. The molecule has 0 spiro atoms. The van der Waals surface area contributed by atoms with Gasteiger partial charge in [-0.25, -0.2) is 0 Å². The van der Waals surface area contributed by atoms with E-state index in [-0.39, 0.29) is 11.9 Å². The van der Waals surface area contributed by atoms with Crippen molar-refractivity contribution < 1.29 is 9.53 Å². The Kier molecular flexibility index (Phi) is 2.95. The van der Waals surface area contributed by atoms with Crippen LogP contribution >= 0.6 is 0 Å². The van der Waals surface area contributed by atoms with E-state index in [1.165, 1.54) is 0 Å². The molecule has 4 nitrogen and oxygen atoms in total. The molecule has 0 radical (unpaired) electrons. The smallest absolute Gasteiger partial charge is 0.251 e. The van der Waals surface area contributed by atoms with Gasteiger partial charge in [-0.1, -0.05) is 0 Å². The fraction of sp³-hybridized carbons (Fsp3) is 0.333. The third-order valence-electron chi connectivity index (χ3n) is 3.25. The molecule has 1 aliphatic rings. The van der Waals surface area contributed by atoms with Gasteiger partial charge in [-0.3, -0.25) is 9.78 Å². The van der Waals surface area contributed by atoms with E-state index in [4.69, 9.17) is 4.74 Å². The van der Waals surface area contributed by atoms with E-state index in [1.807, 2.05) is 38.2 Å². The lowest BCUT2D eigenvalue weighted by Crippen LogP contribution is -2.30. The number of amides is 1. The number of carbonyl (C=O) groups is 1. The number of rotatable bonds is 2. The second-order valence-corrected chi connectivity index (χ2v) is 5.11. The number of hydrogen-bond acceptors (Lipinski definition) is 3. The van der Waals surface area contributed by atoms with Crippen LogP contribution < -0.4 is 5.32 Å². The molecule has 2 heterocycles. The molecule has 1 aromatic carbocycles. The molecule has 0 bridgehead atoms. The minimum absolute atomic E-state index is 0.0478. The third-order valence-corrected chi connectivity index (χ3v) is 3.25. The van der Waals surface area contributed by atoms with Crippen LogP contribution in [0.25, 0.3) is 10.9 Å². The van der Waals surface area contributed by atoms with Gasteiger partial charge in [-0.15, -0.1) is 0 Å². The van der Waals surface area contributed by atoms with Gasteiger partial charge in [-0.05, 0) is 37.6 Å². The van der Waals surface area contributed by atoms with Gasteiger partial charge in [0.25, 0.3) is 5.91 Å². The molecule has 1 amide bonds. The van der Waals surface area contributed by atoms with E-state index < -0.39 is 0 Å². The summed E-state index contributed by atoms with van der Waals surface area (Å²) in [6.45, 7) is 5.11. The van der Waals surface area contributed by atoms with Crippen molar-refractivity contribution in [1.82, 2.24) is 10.3 Å². The molecule has 1 aromatic heterocycles. The van der Waals surface area contributed by atoms with Gasteiger partial charge in [0.15, 0.2) is 0 Å². The first-order valence-electron chi connectivity index (χ1n) is 6.44. The molecular weight excluding hydrogens is 240 g/mol. The van der Waals surface area contributed by atoms with Crippen LogP contribution in [0.3, 0.4) is 0 Å². The summed E-state index contributed by atoms with van der Waals surface area (Å²) in [5.41, 5.74) is 3.85. The number of ether oxygens (including phenoxy) is 1. The zero-order valence-corrected chi connectivity index (χ0v) is 11.1. The lowest BCUT2D eigenvalue weighted by Gasteiger charge is -2.10. The van der Waals surface area contributed by atoms with Crippen LogP contribution in [-0.4, -0.2) is 16.9 Å². The zero-order valence-electron chi connectivity index (χ0n) is 11.1. The van der Waals surface area contributed by atoms with Crippen molar-refractivity contribution in [3.05, 3.63) is 41.1 Å². The highest BCUT2D eigenvalue weighted by atomic mass is 16.5. The largest absolute Gasteiger partial charge is 0.372 e. The summed E-state index contributed by atoms with van der Waals surface area (Å²) in [5, 5.41) is 3.92. The first kappa shape index (κ1) is 12.1. The van der Waals surface area contributed by atoms with Crippen molar-refractivity contribution in [1.29, 1.82) is 0 Å². The molecule has 4 heteroatoms. The molecule has 1 N–H and O–H groups in total. The Bertz CT molecular complexity index is 650. The van der Waals surface area contributed by atoms with Crippen molar-refractivity contribution in [2.75, 3.05) is 0 Å². The lowest BCUT2D eigenvalue weighted by molar-refractivity contribution is 0.0943. The molecule has 0 aliphatic carbocycles. The molecule has 0 saturated heterocycles. The average molecular weight is 256 g/mol. The molecule has 1 aliphatic heterocycles. The predicted octanol–water partition coefficient (Wildman–Crippen LogP) is 2.40. The summed E-state index contributed by atoms with van der Waals surface area (Å²) in [5.74, 6) is -0.0478. The highest BCUT2D eigenvalue weighted by Crippen LogP contribution is 2.27. The molecule has 3 rings (SSSR count). The van der Waals surface area contributed by atoms with Gasteiger partial charge in [0, 0.05) is 28.8 Å². The van der Waals surface area contributed by atoms with Crippen LogP contribution in [0.5, 0.6) is 0 Å². The first-order valence-corrected chi connectivity index (χ1v) is 6.44. The fourth-order valence-electron chi connectivity index (χ4n) is 2.33. The predicted molar refractivity (Wildman–Crippen MR) is 72.8 cm³/mol. The summed E-state index contributed by atoms with van der Waals surface area (Å²) in [4.78, 5) is 16.4. The Balaban J connectivity index is 2.07. The molecule has 0 saturated carbocycles. The maximum absolute atomic E-state index is 12.0. The maximum Gasteiger partial charge on any atom is 0.251 e. The molecule has 2 aromatic rings. The standard InChI is InChI=1S/C15H16N2O2/c1-9(2)17-15(18)10-3-4-14-12(5-10)13-8-19-7-11(13)6-16-14/h3-6,9H,7-8H2,1-2H3,(H,17,18). The number of hydrogen-bond donors (Lipinski definition) is 1. The Morgan fingerprint density at radius 1 is 1.37 bits per heavy atom. The van der Waals surface area contributed by atoms with Gasteiger partial charge in [-0.2, -0.15) is 0 Å². The van der Waals surface area contributed by atoms with E-state index >= 15 is 0 Å². The van der Waals surface area contributed by atoms with Crippen LogP contribution in [0.1, 0.15) is 35.3 Å². The van der Waals surface area contributed by atoms with E-state index in [1.54, 1.807) is 0 Å².